The molecule has 1 heterocycles. The molecule has 164 valence electrons. The predicted molar refractivity (Wildman–Crippen MR) is 119 cm³/mol. The second-order valence-corrected chi connectivity index (χ2v) is 10.2. The molecule has 1 aromatic carbocycles. The third kappa shape index (κ3) is 6.46. The number of halogens is 2. The summed E-state index contributed by atoms with van der Waals surface area (Å²) in [7, 11) is 0. The Bertz CT molecular complexity index is 634. The van der Waals surface area contributed by atoms with Crippen molar-refractivity contribution in [2.45, 2.75) is 76.9 Å². The Hall–Kier alpha value is -1.05. The fourth-order valence-electron chi connectivity index (χ4n) is 4.31. The van der Waals surface area contributed by atoms with E-state index >= 15 is 0 Å². The third-order valence-electron chi connectivity index (χ3n) is 5.66. The zero-order chi connectivity index (χ0) is 21.0. The lowest BCUT2D eigenvalue weighted by Gasteiger charge is -2.37. The molecule has 2 N–H and O–H groups in total. The summed E-state index contributed by atoms with van der Waals surface area (Å²) in [5, 5.41) is 3.85. The van der Waals surface area contributed by atoms with Crippen LogP contribution in [0.25, 0.3) is 0 Å². The number of benzene rings is 1. The Morgan fingerprint density at radius 1 is 1.07 bits per heavy atom. The first-order chi connectivity index (χ1) is 13.8. The van der Waals surface area contributed by atoms with Gasteiger partial charge in [0.15, 0.2) is 11.6 Å². The number of nitrogens with one attached hydrogen (secondary N) is 2. The van der Waals surface area contributed by atoms with Crippen LogP contribution in [0.2, 0.25) is 0 Å². The molecule has 0 unspecified atom stereocenters. The Morgan fingerprint density at radius 3 is 2.21 bits per heavy atom. The molecule has 0 bridgehead atoms. The van der Waals surface area contributed by atoms with Gasteiger partial charge in [-0.15, -0.1) is 0 Å². The van der Waals surface area contributed by atoms with Gasteiger partial charge in [0.2, 0.25) is 0 Å². The molecule has 4 nitrogen and oxygen atoms in total. The van der Waals surface area contributed by atoms with Crippen molar-refractivity contribution in [3.8, 4) is 0 Å². The van der Waals surface area contributed by atoms with Crippen molar-refractivity contribution in [2.24, 2.45) is 5.92 Å². The molecule has 1 aliphatic carbocycles. The first-order valence-electron chi connectivity index (χ1n) is 10.9. The third-order valence-corrected chi connectivity index (χ3v) is 6.61. The lowest BCUT2D eigenvalue weighted by atomic mass is 9.86. The quantitative estimate of drug-likeness (QED) is 0.585. The van der Waals surface area contributed by atoms with Crippen LogP contribution in [-0.4, -0.2) is 43.1 Å². The molecule has 1 saturated carbocycles. The zero-order valence-corrected chi connectivity index (χ0v) is 18.8. The van der Waals surface area contributed by atoms with Gasteiger partial charge in [-0.1, -0.05) is 25.8 Å². The number of nitrogens with zero attached hydrogens (tertiary/aromatic N) is 1. The second kappa shape index (κ2) is 10.3. The summed E-state index contributed by atoms with van der Waals surface area (Å²) in [4.78, 5) is 1.76. The summed E-state index contributed by atoms with van der Waals surface area (Å²) in [6.07, 6.45) is 4.49. The molecule has 0 spiro atoms. The minimum atomic E-state index is -0.507. The molecule has 2 fully saturated rings. The van der Waals surface area contributed by atoms with E-state index in [-0.39, 0.29) is 17.9 Å². The maximum atomic E-state index is 14.7. The molecule has 2 aliphatic rings. The molecule has 29 heavy (non-hydrogen) atoms. The molecule has 1 aliphatic heterocycles. The van der Waals surface area contributed by atoms with Gasteiger partial charge in [0.1, 0.15) is 5.69 Å². The van der Waals surface area contributed by atoms with Crippen LogP contribution in [-0.2, 0) is 4.74 Å². The summed E-state index contributed by atoms with van der Waals surface area (Å²) in [6.45, 7) is 10.00. The molecule has 0 aromatic heterocycles. The Labute approximate surface area is 178 Å². The van der Waals surface area contributed by atoms with E-state index in [1.807, 2.05) is 13.8 Å². The average Bonchev–Trinajstić information content (AvgIpc) is 2.64. The number of hydrogen-bond donors (Lipinski definition) is 2. The van der Waals surface area contributed by atoms with Gasteiger partial charge < -0.3 is 15.0 Å². The van der Waals surface area contributed by atoms with Crippen molar-refractivity contribution in [3.63, 3.8) is 0 Å². The average molecular weight is 428 g/mol. The van der Waals surface area contributed by atoms with E-state index in [1.165, 1.54) is 12.1 Å². The highest BCUT2D eigenvalue weighted by molar-refractivity contribution is 7.98. The number of morpholine rings is 1. The standard InChI is InChI=1S/C22H35F2N3OS/c1-14(2)29-26-18-7-5-17(6-8-18)11-25-19-9-20(23)22(21(24)10-19)27-12-15(3)28-16(4)13-27/h9-10,14-18,25-26H,5-8,11-13H2,1-4H3/t15-,16+,17-,18-. The summed E-state index contributed by atoms with van der Waals surface area (Å²) in [6, 6.07) is 3.43. The van der Waals surface area contributed by atoms with Crippen molar-refractivity contribution in [1.29, 1.82) is 0 Å². The molecule has 1 saturated heterocycles. The van der Waals surface area contributed by atoms with Gasteiger partial charge in [-0.3, -0.25) is 4.72 Å². The second-order valence-electron chi connectivity index (χ2n) is 8.83. The van der Waals surface area contributed by atoms with E-state index in [9.17, 15) is 8.78 Å². The van der Waals surface area contributed by atoms with Crippen LogP contribution >= 0.6 is 11.9 Å². The Kier molecular flexibility index (Phi) is 8.05. The SMILES string of the molecule is CC(C)SN[C@H]1CC[C@H](CNc2cc(F)c(N3C[C@@H](C)O[C@@H](C)C3)c(F)c2)CC1. The van der Waals surface area contributed by atoms with Gasteiger partial charge in [-0.2, -0.15) is 0 Å². The molecule has 3 rings (SSSR count). The normalized spacial score (nSPS) is 28.0. The van der Waals surface area contributed by atoms with E-state index < -0.39 is 11.6 Å². The molecule has 7 heteroatoms. The molecule has 0 radical (unpaired) electrons. The topological polar surface area (TPSA) is 36.5 Å². The van der Waals surface area contributed by atoms with Crippen LogP contribution in [0.1, 0.15) is 53.4 Å². The molecular weight excluding hydrogens is 392 g/mol. The van der Waals surface area contributed by atoms with E-state index in [2.05, 4.69) is 23.9 Å². The van der Waals surface area contributed by atoms with Gasteiger partial charge in [0.25, 0.3) is 0 Å². The Balaban J connectivity index is 1.52. The van der Waals surface area contributed by atoms with Crippen LogP contribution in [0.3, 0.4) is 0 Å². The highest BCUT2D eigenvalue weighted by Gasteiger charge is 2.27. The number of ether oxygens (including phenoxy) is 1. The van der Waals surface area contributed by atoms with E-state index in [1.54, 1.807) is 16.8 Å². The first kappa shape index (κ1) is 22.6. The van der Waals surface area contributed by atoms with Crippen molar-refractivity contribution in [3.05, 3.63) is 23.8 Å². The highest BCUT2D eigenvalue weighted by Crippen LogP contribution is 2.31. The minimum Gasteiger partial charge on any atom is -0.385 e. The molecule has 1 aromatic rings. The fourth-order valence-corrected chi connectivity index (χ4v) is 5.01. The first-order valence-corrected chi connectivity index (χ1v) is 11.7. The highest BCUT2D eigenvalue weighted by atomic mass is 32.2. The molecule has 2 atom stereocenters. The van der Waals surface area contributed by atoms with Crippen molar-refractivity contribution < 1.29 is 13.5 Å². The van der Waals surface area contributed by atoms with Crippen LogP contribution in [0.4, 0.5) is 20.2 Å². The number of anilines is 2. The van der Waals surface area contributed by atoms with Crippen LogP contribution in [0, 0.1) is 17.6 Å². The minimum absolute atomic E-state index is 0.0427. The zero-order valence-electron chi connectivity index (χ0n) is 18.0. The van der Waals surface area contributed by atoms with E-state index in [0.717, 1.165) is 32.2 Å². The summed E-state index contributed by atoms with van der Waals surface area (Å²) in [5.41, 5.74) is 0.584. The number of rotatable bonds is 7. The molecular formula is C22H35F2N3OS. The van der Waals surface area contributed by atoms with Crippen molar-refractivity contribution in [2.75, 3.05) is 29.9 Å². The van der Waals surface area contributed by atoms with E-state index in [4.69, 9.17) is 4.74 Å². The lowest BCUT2D eigenvalue weighted by molar-refractivity contribution is -0.00557. The van der Waals surface area contributed by atoms with E-state index in [0.29, 0.717) is 36.0 Å². The van der Waals surface area contributed by atoms with Crippen LogP contribution in [0.15, 0.2) is 12.1 Å². The van der Waals surface area contributed by atoms with Gasteiger partial charge in [0.05, 0.1) is 12.2 Å². The van der Waals surface area contributed by atoms with Crippen LogP contribution < -0.4 is 14.9 Å². The fraction of sp³-hybridized carbons (Fsp3) is 0.727. The predicted octanol–water partition coefficient (Wildman–Crippen LogP) is 5.20. The molecule has 0 amide bonds. The summed E-state index contributed by atoms with van der Waals surface area (Å²) >= 11 is 1.80. The van der Waals surface area contributed by atoms with Gasteiger partial charge in [-0.25, -0.2) is 8.78 Å². The lowest BCUT2D eigenvalue weighted by Crippen LogP contribution is -2.46. The van der Waals surface area contributed by atoms with Gasteiger partial charge in [-0.05, 0) is 57.6 Å². The Morgan fingerprint density at radius 2 is 1.66 bits per heavy atom. The smallest absolute Gasteiger partial charge is 0.151 e. The number of hydrogen-bond acceptors (Lipinski definition) is 5. The summed E-state index contributed by atoms with van der Waals surface area (Å²) in [5.74, 6) is -0.469. The summed E-state index contributed by atoms with van der Waals surface area (Å²) < 4.78 is 38.7. The van der Waals surface area contributed by atoms with Crippen molar-refractivity contribution in [1.82, 2.24) is 4.72 Å². The monoisotopic (exact) mass is 427 g/mol. The van der Waals surface area contributed by atoms with Crippen LogP contribution in [0.5, 0.6) is 0 Å². The van der Waals surface area contributed by atoms with Crippen molar-refractivity contribution >= 4 is 23.3 Å². The maximum Gasteiger partial charge on any atom is 0.151 e. The maximum absolute atomic E-state index is 14.7. The van der Waals surface area contributed by atoms with Gasteiger partial charge in [0, 0.05) is 36.6 Å². The van der Waals surface area contributed by atoms with Gasteiger partial charge >= 0.3 is 0 Å². The largest absolute Gasteiger partial charge is 0.385 e.